The number of benzene rings is 2. The zero-order valence-electron chi connectivity index (χ0n) is 13.3. The quantitative estimate of drug-likeness (QED) is 0.747. The van der Waals surface area contributed by atoms with E-state index < -0.39 is 10.0 Å². The Morgan fingerprint density at radius 1 is 1.00 bits per heavy atom. The van der Waals surface area contributed by atoms with Crippen LogP contribution in [-0.2, 0) is 23.0 Å². The Bertz CT molecular complexity index is 903. The van der Waals surface area contributed by atoms with Crippen molar-refractivity contribution in [3.05, 3.63) is 72.1 Å². The standard InChI is InChI=1S/C17H18N4O2S/c1-2-14-8-10-16(11-9-14)24(22,23)20-17-19-18-13-21(17)12-15-6-4-3-5-7-15/h3-11,13H,2,12H2,1H3,(H,19,20). The van der Waals surface area contributed by atoms with Crippen LogP contribution in [0.25, 0.3) is 0 Å². The first-order chi connectivity index (χ1) is 11.6. The highest BCUT2D eigenvalue weighted by Crippen LogP contribution is 2.16. The number of nitrogens with one attached hydrogen (secondary N) is 1. The first-order valence-corrected chi connectivity index (χ1v) is 9.10. The number of anilines is 1. The number of aryl methyl sites for hydroxylation is 1. The summed E-state index contributed by atoms with van der Waals surface area (Å²) in [7, 11) is -3.70. The van der Waals surface area contributed by atoms with E-state index in [-0.39, 0.29) is 10.8 Å². The highest BCUT2D eigenvalue weighted by Gasteiger charge is 2.17. The summed E-state index contributed by atoms with van der Waals surface area (Å²) in [5.41, 5.74) is 2.12. The Labute approximate surface area is 141 Å². The summed E-state index contributed by atoms with van der Waals surface area (Å²) in [6.45, 7) is 2.51. The van der Waals surface area contributed by atoms with Crippen molar-refractivity contribution in [3.8, 4) is 0 Å². The first-order valence-electron chi connectivity index (χ1n) is 7.62. The molecule has 0 fully saturated rings. The smallest absolute Gasteiger partial charge is 0.264 e. The molecular weight excluding hydrogens is 324 g/mol. The molecule has 0 spiro atoms. The Morgan fingerprint density at radius 2 is 1.71 bits per heavy atom. The van der Waals surface area contributed by atoms with Gasteiger partial charge in [-0.15, -0.1) is 10.2 Å². The van der Waals surface area contributed by atoms with E-state index >= 15 is 0 Å². The Morgan fingerprint density at radius 3 is 2.38 bits per heavy atom. The minimum atomic E-state index is -3.70. The summed E-state index contributed by atoms with van der Waals surface area (Å²) in [5, 5.41) is 7.69. The van der Waals surface area contributed by atoms with Gasteiger partial charge in [0.05, 0.1) is 11.4 Å². The fraction of sp³-hybridized carbons (Fsp3) is 0.176. The van der Waals surface area contributed by atoms with Gasteiger partial charge in [0, 0.05) is 0 Å². The van der Waals surface area contributed by atoms with Crippen LogP contribution in [0.3, 0.4) is 0 Å². The lowest BCUT2D eigenvalue weighted by molar-refractivity contribution is 0.600. The molecule has 124 valence electrons. The van der Waals surface area contributed by atoms with Crippen LogP contribution < -0.4 is 4.72 Å². The number of hydrogen-bond donors (Lipinski definition) is 1. The average Bonchev–Trinajstić information content (AvgIpc) is 3.02. The summed E-state index contributed by atoms with van der Waals surface area (Å²) in [5.74, 6) is 0.193. The molecule has 1 heterocycles. The molecule has 1 aromatic heterocycles. The minimum Gasteiger partial charge on any atom is -0.295 e. The van der Waals surface area contributed by atoms with Crippen LogP contribution in [0.15, 0.2) is 65.8 Å². The summed E-state index contributed by atoms with van der Waals surface area (Å²) in [4.78, 5) is 0.203. The topological polar surface area (TPSA) is 76.9 Å². The lowest BCUT2D eigenvalue weighted by atomic mass is 10.2. The van der Waals surface area contributed by atoms with Crippen LogP contribution in [-0.4, -0.2) is 23.2 Å². The van der Waals surface area contributed by atoms with Gasteiger partial charge < -0.3 is 0 Å². The maximum Gasteiger partial charge on any atom is 0.264 e. The van der Waals surface area contributed by atoms with Crippen molar-refractivity contribution in [2.45, 2.75) is 24.8 Å². The zero-order chi connectivity index (χ0) is 17.0. The number of rotatable bonds is 6. The van der Waals surface area contributed by atoms with E-state index in [2.05, 4.69) is 14.9 Å². The number of hydrogen-bond acceptors (Lipinski definition) is 4. The van der Waals surface area contributed by atoms with Crippen molar-refractivity contribution in [2.24, 2.45) is 0 Å². The molecule has 0 saturated carbocycles. The van der Waals surface area contributed by atoms with Gasteiger partial charge in [0.25, 0.3) is 10.0 Å². The van der Waals surface area contributed by atoms with Crippen molar-refractivity contribution in [1.82, 2.24) is 14.8 Å². The summed E-state index contributed by atoms with van der Waals surface area (Å²) in [6.07, 6.45) is 2.37. The zero-order valence-corrected chi connectivity index (χ0v) is 14.1. The molecule has 24 heavy (non-hydrogen) atoms. The van der Waals surface area contributed by atoms with Crippen LogP contribution in [0.5, 0.6) is 0 Å². The van der Waals surface area contributed by atoms with Gasteiger partial charge in [-0.05, 0) is 29.7 Å². The van der Waals surface area contributed by atoms with E-state index in [0.717, 1.165) is 17.5 Å². The van der Waals surface area contributed by atoms with Crippen molar-refractivity contribution in [1.29, 1.82) is 0 Å². The fourth-order valence-electron chi connectivity index (χ4n) is 2.31. The fourth-order valence-corrected chi connectivity index (χ4v) is 3.32. The number of nitrogens with zero attached hydrogens (tertiary/aromatic N) is 3. The molecule has 0 saturated heterocycles. The van der Waals surface area contributed by atoms with E-state index in [4.69, 9.17) is 0 Å². The van der Waals surface area contributed by atoms with E-state index in [1.165, 1.54) is 6.33 Å². The number of aromatic nitrogens is 3. The maximum atomic E-state index is 12.5. The van der Waals surface area contributed by atoms with E-state index in [0.29, 0.717) is 6.54 Å². The molecule has 0 amide bonds. The van der Waals surface area contributed by atoms with Crippen LogP contribution in [0, 0.1) is 0 Å². The minimum absolute atomic E-state index is 0.193. The van der Waals surface area contributed by atoms with Gasteiger partial charge in [-0.1, -0.05) is 49.4 Å². The summed E-state index contributed by atoms with van der Waals surface area (Å²) in [6, 6.07) is 16.5. The van der Waals surface area contributed by atoms with Gasteiger partial charge in [0.1, 0.15) is 6.33 Å². The molecule has 1 N–H and O–H groups in total. The predicted molar refractivity (Wildman–Crippen MR) is 92.2 cm³/mol. The van der Waals surface area contributed by atoms with Gasteiger partial charge >= 0.3 is 0 Å². The van der Waals surface area contributed by atoms with Crippen molar-refractivity contribution >= 4 is 16.0 Å². The van der Waals surface area contributed by atoms with Crippen molar-refractivity contribution < 1.29 is 8.42 Å². The van der Waals surface area contributed by atoms with Crippen LogP contribution in [0.2, 0.25) is 0 Å². The SMILES string of the molecule is CCc1ccc(S(=O)(=O)Nc2nncn2Cc2ccccc2)cc1. The second-order valence-corrected chi connectivity index (χ2v) is 7.05. The van der Waals surface area contributed by atoms with Crippen LogP contribution >= 0.6 is 0 Å². The van der Waals surface area contributed by atoms with Crippen molar-refractivity contribution in [2.75, 3.05) is 4.72 Å². The molecule has 0 aliphatic heterocycles. The molecule has 3 rings (SSSR count). The summed E-state index contributed by atoms with van der Waals surface area (Å²) >= 11 is 0. The molecule has 0 atom stereocenters. The molecule has 3 aromatic rings. The molecule has 7 heteroatoms. The largest absolute Gasteiger partial charge is 0.295 e. The average molecular weight is 342 g/mol. The van der Waals surface area contributed by atoms with Crippen LogP contribution in [0.4, 0.5) is 5.95 Å². The number of sulfonamides is 1. The normalized spacial score (nSPS) is 11.4. The Kier molecular flexibility index (Phi) is 4.61. The maximum absolute atomic E-state index is 12.5. The lowest BCUT2D eigenvalue weighted by Gasteiger charge is -2.10. The van der Waals surface area contributed by atoms with Gasteiger partial charge in [-0.25, -0.2) is 13.1 Å². The molecule has 0 radical (unpaired) electrons. The highest BCUT2D eigenvalue weighted by atomic mass is 32.2. The molecule has 6 nitrogen and oxygen atoms in total. The van der Waals surface area contributed by atoms with Crippen LogP contribution in [0.1, 0.15) is 18.1 Å². The lowest BCUT2D eigenvalue weighted by Crippen LogP contribution is -2.17. The molecule has 0 aliphatic rings. The van der Waals surface area contributed by atoms with E-state index in [9.17, 15) is 8.42 Å². The van der Waals surface area contributed by atoms with Crippen molar-refractivity contribution in [3.63, 3.8) is 0 Å². The second kappa shape index (κ2) is 6.84. The predicted octanol–water partition coefficient (Wildman–Crippen LogP) is 2.69. The van der Waals surface area contributed by atoms with Gasteiger partial charge in [-0.2, -0.15) is 0 Å². The third-order valence-corrected chi connectivity index (χ3v) is 5.02. The third kappa shape index (κ3) is 3.62. The first kappa shape index (κ1) is 16.2. The highest BCUT2D eigenvalue weighted by molar-refractivity contribution is 7.92. The molecule has 0 aliphatic carbocycles. The van der Waals surface area contributed by atoms with E-state index in [1.807, 2.05) is 49.4 Å². The van der Waals surface area contributed by atoms with Gasteiger partial charge in [-0.3, -0.25) is 4.57 Å². The third-order valence-electron chi connectivity index (χ3n) is 3.68. The molecule has 0 unspecified atom stereocenters. The monoisotopic (exact) mass is 342 g/mol. The molecule has 0 bridgehead atoms. The van der Waals surface area contributed by atoms with Gasteiger partial charge in [0.15, 0.2) is 0 Å². The molecule has 2 aromatic carbocycles. The molecular formula is C17H18N4O2S. The van der Waals surface area contributed by atoms with Gasteiger partial charge in [0.2, 0.25) is 5.95 Å². The second-order valence-electron chi connectivity index (χ2n) is 5.37. The Hall–Kier alpha value is -2.67. The summed E-state index contributed by atoms with van der Waals surface area (Å²) < 4.78 is 29.2. The van der Waals surface area contributed by atoms with E-state index in [1.54, 1.807) is 16.7 Å². The Balaban J connectivity index is 1.81.